The molecule has 178 valence electrons. The minimum Gasteiger partial charge on any atom is -0.395 e. The lowest BCUT2D eigenvalue weighted by atomic mass is 9.78. The molecule has 2 unspecified atom stereocenters. The molecule has 0 aromatic heterocycles. The van der Waals surface area contributed by atoms with Crippen molar-refractivity contribution < 1.29 is 15.3 Å². The average molecular weight is 441 g/mol. The number of unbranched alkanes of at least 4 members (excludes halogenated alkanes) is 4. The maximum Gasteiger partial charge on any atom is 0.0540 e. The van der Waals surface area contributed by atoms with Crippen LogP contribution in [0, 0.1) is 0 Å². The molecule has 2 aromatic rings. The van der Waals surface area contributed by atoms with Gasteiger partial charge in [-0.15, -0.1) is 0 Å². The molecule has 0 bridgehead atoms. The Balaban J connectivity index is 1.57. The molecule has 0 fully saturated rings. The van der Waals surface area contributed by atoms with E-state index < -0.39 is 0 Å². The standard InChI is InChI=1S/C29H44O3/c1-28(23-30,25-15-7-3-8-16-25)21-13-5-11-19-27(32)20-12-6-14-22-29(2,24-31)26-17-9-4-10-18-26/h3-4,7-10,15-18,27,30-32H,5-6,11-14,19-24H2,1-2H3. The van der Waals surface area contributed by atoms with Crippen molar-refractivity contribution in [1.29, 1.82) is 0 Å². The number of aliphatic hydroxyl groups is 3. The summed E-state index contributed by atoms with van der Waals surface area (Å²) in [7, 11) is 0. The van der Waals surface area contributed by atoms with Gasteiger partial charge in [0.1, 0.15) is 0 Å². The Hall–Kier alpha value is -1.68. The molecular weight excluding hydrogens is 396 g/mol. The monoisotopic (exact) mass is 440 g/mol. The highest BCUT2D eigenvalue weighted by molar-refractivity contribution is 5.25. The molecule has 2 atom stereocenters. The van der Waals surface area contributed by atoms with Crippen molar-refractivity contribution in [2.45, 2.75) is 95.0 Å². The quantitative estimate of drug-likeness (QED) is 0.274. The summed E-state index contributed by atoms with van der Waals surface area (Å²) in [5.74, 6) is 0. The van der Waals surface area contributed by atoms with Crippen LogP contribution in [0.5, 0.6) is 0 Å². The zero-order valence-corrected chi connectivity index (χ0v) is 20.2. The van der Waals surface area contributed by atoms with Gasteiger partial charge in [0.2, 0.25) is 0 Å². The molecule has 3 heteroatoms. The van der Waals surface area contributed by atoms with Gasteiger partial charge in [0, 0.05) is 10.8 Å². The molecule has 0 aliphatic carbocycles. The third-order valence-corrected chi connectivity index (χ3v) is 7.17. The van der Waals surface area contributed by atoms with Crippen molar-refractivity contribution in [3.63, 3.8) is 0 Å². The third-order valence-electron chi connectivity index (χ3n) is 7.17. The van der Waals surface area contributed by atoms with Gasteiger partial charge in [0.05, 0.1) is 19.3 Å². The summed E-state index contributed by atoms with van der Waals surface area (Å²) in [6.45, 7) is 4.60. The molecule has 0 saturated heterocycles. The zero-order valence-electron chi connectivity index (χ0n) is 20.2. The van der Waals surface area contributed by atoms with Crippen LogP contribution < -0.4 is 0 Å². The molecule has 0 amide bonds. The average Bonchev–Trinajstić information content (AvgIpc) is 2.84. The van der Waals surface area contributed by atoms with Gasteiger partial charge in [-0.25, -0.2) is 0 Å². The second-order valence-corrected chi connectivity index (χ2v) is 10.0. The van der Waals surface area contributed by atoms with Gasteiger partial charge in [-0.3, -0.25) is 0 Å². The van der Waals surface area contributed by atoms with Gasteiger partial charge < -0.3 is 15.3 Å². The molecule has 32 heavy (non-hydrogen) atoms. The predicted octanol–water partition coefficient (Wildman–Crippen LogP) is 6.15. The van der Waals surface area contributed by atoms with E-state index in [1.807, 2.05) is 36.4 Å². The second-order valence-electron chi connectivity index (χ2n) is 10.0. The van der Waals surface area contributed by atoms with Gasteiger partial charge in [0.25, 0.3) is 0 Å². The van der Waals surface area contributed by atoms with Gasteiger partial charge >= 0.3 is 0 Å². The molecule has 0 heterocycles. The van der Waals surface area contributed by atoms with E-state index in [1.54, 1.807) is 0 Å². The molecule has 0 saturated carbocycles. The van der Waals surface area contributed by atoms with E-state index in [4.69, 9.17) is 0 Å². The summed E-state index contributed by atoms with van der Waals surface area (Å²) in [4.78, 5) is 0. The van der Waals surface area contributed by atoms with Gasteiger partial charge in [-0.1, -0.05) is 113 Å². The van der Waals surface area contributed by atoms with Crippen LogP contribution in [0.1, 0.15) is 89.2 Å². The Morgan fingerprint density at radius 1 is 0.594 bits per heavy atom. The Morgan fingerprint density at radius 3 is 1.31 bits per heavy atom. The maximum atomic E-state index is 10.3. The van der Waals surface area contributed by atoms with Crippen LogP contribution in [0.2, 0.25) is 0 Å². The maximum absolute atomic E-state index is 10.3. The van der Waals surface area contributed by atoms with Crippen molar-refractivity contribution >= 4 is 0 Å². The number of hydrogen-bond acceptors (Lipinski definition) is 3. The molecule has 0 aliphatic heterocycles. The fourth-order valence-corrected chi connectivity index (χ4v) is 4.60. The SMILES string of the molecule is CC(CO)(CCCCCC(O)CCCCCC(C)(CO)c1ccccc1)c1ccccc1. The molecular formula is C29H44O3. The Kier molecular flexibility index (Phi) is 11.4. The first-order valence-electron chi connectivity index (χ1n) is 12.4. The molecule has 0 radical (unpaired) electrons. The highest BCUT2D eigenvalue weighted by Crippen LogP contribution is 2.30. The van der Waals surface area contributed by atoms with Crippen molar-refractivity contribution in [3.8, 4) is 0 Å². The van der Waals surface area contributed by atoms with Crippen molar-refractivity contribution in [1.82, 2.24) is 0 Å². The lowest BCUT2D eigenvalue weighted by Crippen LogP contribution is -2.26. The largest absolute Gasteiger partial charge is 0.395 e. The molecule has 0 aliphatic rings. The number of benzene rings is 2. The molecule has 3 N–H and O–H groups in total. The van der Waals surface area contributed by atoms with E-state index >= 15 is 0 Å². The lowest BCUT2D eigenvalue weighted by molar-refractivity contribution is 0.145. The van der Waals surface area contributed by atoms with Gasteiger partial charge in [0.15, 0.2) is 0 Å². The van der Waals surface area contributed by atoms with Gasteiger partial charge in [-0.2, -0.15) is 0 Å². The van der Waals surface area contributed by atoms with E-state index in [-0.39, 0.29) is 30.1 Å². The van der Waals surface area contributed by atoms with Crippen molar-refractivity contribution in [2.24, 2.45) is 0 Å². The highest BCUT2D eigenvalue weighted by Gasteiger charge is 2.25. The van der Waals surface area contributed by atoms with Gasteiger partial charge in [-0.05, 0) is 36.8 Å². The van der Waals surface area contributed by atoms with Crippen LogP contribution in [0.3, 0.4) is 0 Å². The molecule has 2 rings (SSSR count). The minimum atomic E-state index is -0.216. The number of rotatable bonds is 16. The van der Waals surface area contributed by atoms with E-state index in [9.17, 15) is 15.3 Å². The summed E-state index contributed by atoms with van der Waals surface area (Å²) in [6, 6.07) is 20.6. The number of hydrogen-bond donors (Lipinski definition) is 3. The summed E-state index contributed by atoms with van der Waals surface area (Å²) in [5.41, 5.74) is 2.05. The van der Waals surface area contributed by atoms with Crippen LogP contribution in [-0.2, 0) is 10.8 Å². The second kappa shape index (κ2) is 13.8. The van der Waals surface area contributed by atoms with E-state index in [1.165, 1.54) is 11.1 Å². The van der Waals surface area contributed by atoms with Crippen LogP contribution in [0.4, 0.5) is 0 Å². The summed E-state index contributed by atoms with van der Waals surface area (Å²) < 4.78 is 0. The first kappa shape index (κ1) is 26.6. The van der Waals surface area contributed by atoms with Crippen LogP contribution >= 0.6 is 0 Å². The van der Waals surface area contributed by atoms with E-state index in [0.717, 1.165) is 64.2 Å². The van der Waals surface area contributed by atoms with Crippen molar-refractivity contribution in [3.05, 3.63) is 71.8 Å². The first-order chi connectivity index (χ1) is 15.4. The predicted molar refractivity (Wildman–Crippen MR) is 134 cm³/mol. The van der Waals surface area contributed by atoms with Crippen LogP contribution in [0.15, 0.2) is 60.7 Å². The molecule has 3 nitrogen and oxygen atoms in total. The lowest BCUT2D eigenvalue weighted by Gasteiger charge is -2.28. The summed E-state index contributed by atoms with van der Waals surface area (Å²) in [5, 5.41) is 30.1. The topological polar surface area (TPSA) is 60.7 Å². The van der Waals surface area contributed by atoms with Crippen LogP contribution in [-0.4, -0.2) is 34.6 Å². The Bertz CT molecular complexity index is 669. The summed E-state index contributed by atoms with van der Waals surface area (Å²) >= 11 is 0. The Labute approximate surface area is 195 Å². The Morgan fingerprint density at radius 2 is 0.969 bits per heavy atom. The number of aliphatic hydroxyl groups excluding tert-OH is 3. The molecule has 2 aromatic carbocycles. The first-order valence-corrected chi connectivity index (χ1v) is 12.4. The van der Waals surface area contributed by atoms with E-state index in [2.05, 4.69) is 38.1 Å². The van der Waals surface area contributed by atoms with E-state index in [0.29, 0.717) is 0 Å². The molecule has 0 spiro atoms. The van der Waals surface area contributed by atoms with Crippen molar-refractivity contribution in [2.75, 3.05) is 13.2 Å². The fourth-order valence-electron chi connectivity index (χ4n) is 4.60. The highest BCUT2D eigenvalue weighted by atomic mass is 16.3. The minimum absolute atomic E-state index is 0.166. The van der Waals surface area contributed by atoms with Crippen LogP contribution in [0.25, 0.3) is 0 Å². The fraction of sp³-hybridized carbons (Fsp3) is 0.586. The summed E-state index contributed by atoms with van der Waals surface area (Å²) in [6.07, 6.45) is 9.82. The third kappa shape index (κ3) is 8.35. The zero-order chi connectivity index (χ0) is 23.3. The smallest absolute Gasteiger partial charge is 0.0540 e. The normalized spacial score (nSPS) is 16.3.